The van der Waals surface area contributed by atoms with E-state index in [2.05, 4.69) is 34.0 Å². The number of carbonyl (C=O) groups excluding carboxylic acids is 1. The molecule has 1 fully saturated rings. The van der Waals surface area contributed by atoms with Crippen LogP contribution in [0.25, 0.3) is 0 Å². The number of hydrogen-bond donors (Lipinski definition) is 2. The minimum absolute atomic E-state index is 0.0175. The van der Waals surface area contributed by atoms with Crippen LogP contribution in [0.3, 0.4) is 0 Å². The largest absolute Gasteiger partial charge is 0.391 e. The number of amides is 1. The van der Waals surface area contributed by atoms with Crippen LogP contribution < -0.4 is 10.2 Å². The van der Waals surface area contributed by atoms with Gasteiger partial charge in [-0.2, -0.15) is 0 Å². The van der Waals surface area contributed by atoms with E-state index in [4.69, 9.17) is 0 Å². The first-order chi connectivity index (χ1) is 11.2. The fourth-order valence-corrected chi connectivity index (χ4v) is 3.15. The highest BCUT2D eigenvalue weighted by molar-refractivity contribution is 5.78. The maximum Gasteiger partial charge on any atom is 0.225 e. The monoisotopic (exact) mass is 320 g/mol. The molecule has 1 aliphatic heterocycles. The molecule has 128 valence electrons. The minimum atomic E-state index is -0.452. The van der Waals surface area contributed by atoms with Gasteiger partial charge in [0.25, 0.3) is 0 Å². The molecule has 2 rings (SSSR count). The molecular formula is C17H28N4O2. The van der Waals surface area contributed by atoms with Gasteiger partial charge in [0.05, 0.1) is 6.10 Å². The molecule has 0 saturated carbocycles. The van der Waals surface area contributed by atoms with E-state index >= 15 is 0 Å². The van der Waals surface area contributed by atoms with E-state index in [1.165, 1.54) is 0 Å². The fourth-order valence-electron chi connectivity index (χ4n) is 3.15. The Hall–Kier alpha value is -1.69. The maximum atomic E-state index is 12.3. The molecule has 0 aliphatic carbocycles. The zero-order chi connectivity index (χ0) is 16.7. The lowest BCUT2D eigenvalue weighted by atomic mass is 9.94. The highest BCUT2D eigenvalue weighted by Gasteiger charge is 2.26. The van der Waals surface area contributed by atoms with Crippen molar-refractivity contribution in [1.29, 1.82) is 0 Å². The average Bonchev–Trinajstić information content (AvgIpc) is 2.61. The summed E-state index contributed by atoms with van der Waals surface area (Å²) in [4.78, 5) is 22.9. The number of piperidine rings is 1. The number of aliphatic hydroxyl groups excluding tert-OH is 1. The number of hydrogen-bond acceptors (Lipinski definition) is 5. The first-order valence-electron chi connectivity index (χ1n) is 8.63. The summed E-state index contributed by atoms with van der Waals surface area (Å²) in [5.74, 6) is 1.07. The van der Waals surface area contributed by atoms with Crippen molar-refractivity contribution in [1.82, 2.24) is 15.3 Å². The third-order valence-electron chi connectivity index (χ3n) is 4.78. The van der Waals surface area contributed by atoms with Gasteiger partial charge in [-0.15, -0.1) is 0 Å². The lowest BCUT2D eigenvalue weighted by molar-refractivity contribution is -0.126. The molecule has 0 radical (unpaired) electrons. The van der Waals surface area contributed by atoms with Gasteiger partial charge in [0.2, 0.25) is 11.9 Å². The Balaban J connectivity index is 1.75. The van der Waals surface area contributed by atoms with Crippen LogP contribution in [0.4, 0.5) is 5.95 Å². The van der Waals surface area contributed by atoms with E-state index in [-0.39, 0.29) is 17.7 Å². The van der Waals surface area contributed by atoms with Crippen molar-refractivity contribution in [2.24, 2.45) is 11.8 Å². The molecule has 1 aromatic heterocycles. The lowest BCUT2D eigenvalue weighted by Crippen LogP contribution is -2.43. The van der Waals surface area contributed by atoms with Crippen molar-refractivity contribution in [2.75, 3.05) is 24.5 Å². The lowest BCUT2D eigenvalue weighted by Gasteiger charge is -2.31. The molecule has 1 aromatic rings. The normalized spacial score (nSPS) is 17.3. The second kappa shape index (κ2) is 8.82. The van der Waals surface area contributed by atoms with Crippen molar-refractivity contribution in [3.8, 4) is 0 Å². The van der Waals surface area contributed by atoms with Gasteiger partial charge >= 0.3 is 0 Å². The predicted octanol–water partition coefficient (Wildman–Crippen LogP) is 1.61. The Kier molecular flexibility index (Phi) is 6.77. The molecule has 1 aliphatic rings. The smallest absolute Gasteiger partial charge is 0.225 e. The molecule has 1 unspecified atom stereocenters. The topological polar surface area (TPSA) is 78.4 Å². The van der Waals surface area contributed by atoms with Crippen LogP contribution in [0.1, 0.15) is 39.5 Å². The van der Waals surface area contributed by atoms with E-state index in [1.54, 1.807) is 18.5 Å². The molecule has 1 amide bonds. The standard InChI is InChI=1S/C17H28N4O2/c1-3-13(4-2)15(22)12-20-16(23)14-6-10-21(11-7-14)17-18-8-5-9-19-17/h5,8-9,13-15,22H,3-4,6-7,10-12H2,1-2H3,(H,20,23). The fraction of sp³-hybridized carbons (Fsp3) is 0.706. The highest BCUT2D eigenvalue weighted by Crippen LogP contribution is 2.20. The van der Waals surface area contributed by atoms with E-state index in [1.807, 2.05) is 0 Å². The van der Waals surface area contributed by atoms with Crippen LogP contribution in [0.15, 0.2) is 18.5 Å². The quantitative estimate of drug-likeness (QED) is 0.798. The van der Waals surface area contributed by atoms with E-state index in [0.29, 0.717) is 6.54 Å². The highest BCUT2D eigenvalue weighted by atomic mass is 16.3. The SMILES string of the molecule is CCC(CC)C(O)CNC(=O)C1CCN(c2ncccn2)CC1. The summed E-state index contributed by atoms with van der Waals surface area (Å²) in [5, 5.41) is 13.0. The maximum absolute atomic E-state index is 12.3. The number of anilines is 1. The van der Waals surface area contributed by atoms with Crippen LogP contribution in [0.2, 0.25) is 0 Å². The van der Waals surface area contributed by atoms with Crippen molar-refractivity contribution < 1.29 is 9.90 Å². The molecule has 1 saturated heterocycles. The molecule has 23 heavy (non-hydrogen) atoms. The Labute approximate surface area is 138 Å². The number of aromatic nitrogens is 2. The average molecular weight is 320 g/mol. The molecule has 2 heterocycles. The Morgan fingerprint density at radius 1 is 1.30 bits per heavy atom. The van der Waals surface area contributed by atoms with Crippen LogP contribution in [0.5, 0.6) is 0 Å². The van der Waals surface area contributed by atoms with Crippen molar-refractivity contribution in [2.45, 2.75) is 45.6 Å². The number of nitrogens with one attached hydrogen (secondary N) is 1. The predicted molar refractivity (Wildman–Crippen MR) is 90.1 cm³/mol. The Morgan fingerprint density at radius 3 is 2.48 bits per heavy atom. The molecule has 0 bridgehead atoms. The van der Waals surface area contributed by atoms with Crippen molar-refractivity contribution >= 4 is 11.9 Å². The molecule has 6 nitrogen and oxygen atoms in total. The third kappa shape index (κ3) is 4.89. The van der Waals surface area contributed by atoms with Crippen molar-refractivity contribution in [3.05, 3.63) is 18.5 Å². The summed E-state index contributed by atoms with van der Waals surface area (Å²) >= 11 is 0. The molecule has 6 heteroatoms. The molecule has 2 N–H and O–H groups in total. The molecule has 0 spiro atoms. The van der Waals surface area contributed by atoms with Crippen LogP contribution in [-0.2, 0) is 4.79 Å². The number of nitrogens with zero attached hydrogens (tertiary/aromatic N) is 3. The van der Waals surface area contributed by atoms with Gasteiger partial charge in [-0.3, -0.25) is 4.79 Å². The minimum Gasteiger partial charge on any atom is -0.391 e. The zero-order valence-corrected chi connectivity index (χ0v) is 14.1. The number of carbonyl (C=O) groups is 1. The second-order valence-corrected chi connectivity index (χ2v) is 6.20. The molecular weight excluding hydrogens is 292 g/mol. The summed E-state index contributed by atoms with van der Waals surface area (Å²) in [6, 6.07) is 1.80. The van der Waals surface area contributed by atoms with Gasteiger partial charge in [-0.25, -0.2) is 9.97 Å². The van der Waals surface area contributed by atoms with Crippen LogP contribution in [0, 0.1) is 11.8 Å². The Bertz CT molecular complexity index is 471. The summed E-state index contributed by atoms with van der Waals surface area (Å²) in [5.41, 5.74) is 0. The van der Waals surface area contributed by atoms with Crippen LogP contribution >= 0.6 is 0 Å². The van der Waals surface area contributed by atoms with Gasteiger partial charge in [-0.1, -0.05) is 26.7 Å². The summed E-state index contributed by atoms with van der Waals surface area (Å²) in [6.07, 6.45) is 6.48. The Morgan fingerprint density at radius 2 is 1.91 bits per heavy atom. The van der Waals surface area contributed by atoms with Gasteiger partial charge in [0, 0.05) is 37.9 Å². The van der Waals surface area contributed by atoms with Gasteiger partial charge in [0.15, 0.2) is 0 Å². The number of rotatable bonds is 7. The van der Waals surface area contributed by atoms with E-state index < -0.39 is 6.10 Å². The zero-order valence-electron chi connectivity index (χ0n) is 14.1. The summed E-state index contributed by atoms with van der Waals surface area (Å²) in [6.45, 7) is 6.07. The van der Waals surface area contributed by atoms with Crippen LogP contribution in [-0.4, -0.2) is 46.7 Å². The first kappa shape index (κ1) is 17.7. The van der Waals surface area contributed by atoms with E-state index in [9.17, 15) is 9.90 Å². The van der Waals surface area contributed by atoms with E-state index in [0.717, 1.165) is 44.7 Å². The molecule has 0 aromatic carbocycles. The van der Waals surface area contributed by atoms with Gasteiger partial charge in [0.1, 0.15) is 0 Å². The number of aliphatic hydroxyl groups is 1. The van der Waals surface area contributed by atoms with Gasteiger partial charge in [-0.05, 0) is 24.8 Å². The third-order valence-corrected chi connectivity index (χ3v) is 4.78. The molecule has 1 atom stereocenters. The summed E-state index contributed by atoms with van der Waals surface area (Å²) < 4.78 is 0. The van der Waals surface area contributed by atoms with Gasteiger partial charge < -0.3 is 15.3 Å². The first-order valence-corrected chi connectivity index (χ1v) is 8.63. The van der Waals surface area contributed by atoms with Crippen molar-refractivity contribution in [3.63, 3.8) is 0 Å². The summed E-state index contributed by atoms with van der Waals surface area (Å²) in [7, 11) is 0. The second-order valence-electron chi connectivity index (χ2n) is 6.20.